The third-order valence-electron chi connectivity index (χ3n) is 3.40. The first-order valence-corrected chi connectivity index (χ1v) is 7.75. The van der Waals surface area contributed by atoms with Gasteiger partial charge in [0.05, 0.1) is 6.61 Å². The third-order valence-corrected chi connectivity index (χ3v) is 3.40. The largest absolute Gasteiger partial charge is 0.485 e. The van der Waals surface area contributed by atoms with E-state index >= 15 is 0 Å². The Labute approximate surface area is 144 Å². The topological polar surface area (TPSA) is 98.8 Å². The molecular weight excluding hydrogens is 326 g/mol. The van der Waals surface area contributed by atoms with Crippen LogP contribution < -0.4 is 25.1 Å². The van der Waals surface area contributed by atoms with Crippen molar-refractivity contribution >= 4 is 11.8 Å². The molecule has 2 amide bonds. The number of benzene rings is 1. The monoisotopic (exact) mass is 343 g/mol. The molecule has 2 aromatic rings. The van der Waals surface area contributed by atoms with Gasteiger partial charge in [-0.2, -0.15) is 0 Å². The van der Waals surface area contributed by atoms with Crippen molar-refractivity contribution in [1.29, 1.82) is 0 Å². The van der Waals surface area contributed by atoms with Crippen molar-refractivity contribution in [2.24, 2.45) is 0 Å². The maximum atomic E-state index is 12.2. The Morgan fingerprint density at radius 2 is 2.00 bits per heavy atom. The summed E-state index contributed by atoms with van der Waals surface area (Å²) in [4.78, 5) is 28.4. The third kappa shape index (κ3) is 3.79. The molecule has 2 N–H and O–H groups in total. The highest BCUT2D eigenvalue weighted by atomic mass is 16.6. The molecule has 0 fully saturated rings. The number of rotatable bonds is 4. The fourth-order valence-electron chi connectivity index (χ4n) is 2.23. The lowest BCUT2D eigenvalue weighted by molar-refractivity contribution is -0.131. The Bertz CT molecular complexity index is 780. The van der Waals surface area contributed by atoms with E-state index in [1.807, 2.05) is 6.07 Å². The summed E-state index contributed by atoms with van der Waals surface area (Å²) >= 11 is 0. The van der Waals surface area contributed by atoms with Crippen LogP contribution in [-0.2, 0) is 4.79 Å². The Morgan fingerprint density at radius 1 is 1.20 bits per heavy atom. The van der Waals surface area contributed by atoms with Crippen molar-refractivity contribution in [3.05, 3.63) is 48.2 Å². The first-order chi connectivity index (χ1) is 12.2. The summed E-state index contributed by atoms with van der Waals surface area (Å²) in [5.74, 6) is 0.188. The molecule has 0 saturated carbocycles. The molecule has 1 atom stereocenters. The molecule has 0 unspecified atom stereocenters. The average Bonchev–Trinajstić information content (AvgIpc) is 2.66. The van der Waals surface area contributed by atoms with Gasteiger partial charge >= 0.3 is 0 Å². The van der Waals surface area contributed by atoms with E-state index in [9.17, 15) is 9.59 Å². The number of ether oxygens (including phenoxy) is 3. The molecule has 1 aliphatic rings. The van der Waals surface area contributed by atoms with Crippen LogP contribution in [0.4, 0.5) is 0 Å². The van der Waals surface area contributed by atoms with Crippen LogP contribution in [0.5, 0.6) is 17.4 Å². The highest BCUT2D eigenvalue weighted by Gasteiger charge is 2.27. The van der Waals surface area contributed by atoms with Crippen LogP contribution >= 0.6 is 0 Å². The fourth-order valence-corrected chi connectivity index (χ4v) is 2.23. The molecule has 1 aliphatic heterocycles. The number of pyridine rings is 1. The van der Waals surface area contributed by atoms with Crippen LogP contribution in [0.25, 0.3) is 0 Å². The number of para-hydroxylation sites is 2. The predicted octanol–water partition coefficient (Wildman–Crippen LogP) is 1.08. The summed E-state index contributed by atoms with van der Waals surface area (Å²) in [6.45, 7) is 2.21. The van der Waals surface area contributed by atoms with E-state index in [4.69, 9.17) is 14.2 Å². The lowest BCUT2D eigenvalue weighted by Gasteiger charge is -2.25. The lowest BCUT2D eigenvalue weighted by atomic mass is 10.2. The van der Waals surface area contributed by atoms with Crippen LogP contribution in [0.15, 0.2) is 42.6 Å². The maximum absolute atomic E-state index is 12.2. The van der Waals surface area contributed by atoms with Gasteiger partial charge in [0.25, 0.3) is 11.8 Å². The van der Waals surface area contributed by atoms with Crippen LogP contribution in [0.3, 0.4) is 0 Å². The van der Waals surface area contributed by atoms with Gasteiger partial charge in [-0.3, -0.25) is 20.4 Å². The van der Waals surface area contributed by atoms with Crippen molar-refractivity contribution in [3.63, 3.8) is 0 Å². The number of carbonyl (C=O) groups is 2. The first kappa shape index (κ1) is 16.6. The number of hydrogen-bond donors (Lipinski definition) is 2. The molecule has 0 radical (unpaired) electrons. The van der Waals surface area contributed by atoms with Crippen LogP contribution in [0.1, 0.15) is 17.3 Å². The van der Waals surface area contributed by atoms with Gasteiger partial charge in [-0.1, -0.05) is 12.1 Å². The number of nitrogens with one attached hydrogen (secondary N) is 2. The summed E-state index contributed by atoms with van der Waals surface area (Å²) in [5, 5.41) is 0. The molecule has 25 heavy (non-hydrogen) atoms. The minimum atomic E-state index is -0.865. The number of fused-ring (bicyclic) bond motifs is 1. The zero-order valence-corrected chi connectivity index (χ0v) is 13.5. The smallest absolute Gasteiger partial charge is 0.283 e. The zero-order chi connectivity index (χ0) is 17.6. The van der Waals surface area contributed by atoms with Crippen molar-refractivity contribution in [3.8, 4) is 17.4 Å². The number of carbonyl (C=O) groups excluding carboxylic acids is 2. The van der Waals surface area contributed by atoms with Crippen molar-refractivity contribution in [2.45, 2.75) is 13.0 Å². The minimum absolute atomic E-state index is 0.0514. The number of nitrogens with zero attached hydrogens (tertiary/aromatic N) is 1. The molecule has 0 spiro atoms. The van der Waals surface area contributed by atoms with Gasteiger partial charge < -0.3 is 14.2 Å². The van der Waals surface area contributed by atoms with Gasteiger partial charge in [0.1, 0.15) is 12.2 Å². The molecule has 1 aromatic heterocycles. The number of aromatic nitrogens is 1. The second-order valence-corrected chi connectivity index (χ2v) is 5.10. The van der Waals surface area contributed by atoms with Crippen molar-refractivity contribution in [1.82, 2.24) is 15.8 Å². The van der Waals surface area contributed by atoms with Gasteiger partial charge in [-0.05, 0) is 31.2 Å². The van der Waals surface area contributed by atoms with Crippen LogP contribution in [0.2, 0.25) is 0 Å². The molecular formula is C17H17N3O5. The minimum Gasteiger partial charge on any atom is -0.485 e. The Kier molecular flexibility index (Phi) is 4.98. The van der Waals surface area contributed by atoms with Gasteiger partial charge in [0.15, 0.2) is 11.5 Å². The second kappa shape index (κ2) is 7.52. The van der Waals surface area contributed by atoms with E-state index in [1.54, 1.807) is 37.3 Å². The Balaban J connectivity index is 1.59. The van der Waals surface area contributed by atoms with Gasteiger partial charge in [0, 0.05) is 6.20 Å². The highest BCUT2D eigenvalue weighted by Crippen LogP contribution is 2.30. The fraction of sp³-hybridized carbons (Fsp3) is 0.235. The molecule has 8 heteroatoms. The number of hydrazine groups is 1. The van der Waals surface area contributed by atoms with E-state index in [-0.39, 0.29) is 18.1 Å². The second-order valence-electron chi connectivity index (χ2n) is 5.10. The molecule has 8 nitrogen and oxygen atoms in total. The van der Waals surface area contributed by atoms with Gasteiger partial charge in [-0.15, -0.1) is 0 Å². The SMILES string of the molecule is CCOc1ncccc1C(=O)NNC(=O)[C@@H]1COc2ccccc2O1. The Hall–Kier alpha value is -3.29. The zero-order valence-electron chi connectivity index (χ0n) is 13.5. The van der Waals surface area contributed by atoms with Crippen molar-refractivity contribution in [2.75, 3.05) is 13.2 Å². The highest BCUT2D eigenvalue weighted by molar-refractivity contribution is 5.97. The van der Waals surface area contributed by atoms with E-state index in [0.29, 0.717) is 18.1 Å². The quantitative estimate of drug-likeness (QED) is 0.806. The molecule has 1 aromatic carbocycles. The van der Waals surface area contributed by atoms with E-state index < -0.39 is 17.9 Å². The number of hydrogen-bond acceptors (Lipinski definition) is 6. The molecule has 0 saturated heterocycles. The van der Waals surface area contributed by atoms with Gasteiger partial charge in [-0.25, -0.2) is 4.98 Å². The van der Waals surface area contributed by atoms with Crippen LogP contribution in [0, 0.1) is 0 Å². The molecule has 0 aliphatic carbocycles. The van der Waals surface area contributed by atoms with Gasteiger partial charge in [0.2, 0.25) is 12.0 Å². The average molecular weight is 343 g/mol. The predicted molar refractivity (Wildman–Crippen MR) is 87.4 cm³/mol. The summed E-state index contributed by atoms with van der Waals surface area (Å²) in [5.41, 5.74) is 4.87. The lowest BCUT2D eigenvalue weighted by Crippen LogP contribution is -2.50. The summed E-state index contributed by atoms with van der Waals surface area (Å²) in [6, 6.07) is 10.2. The first-order valence-electron chi connectivity index (χ1n) is 7.75. The van der Waals surface area contributed by atoms with Crippen LogP contribution in [-0.4, -0.2) is 36.1 Å². The Morgan fingerprint density at radius 3 is 2.80 bits per heavy atom. The summed E-state index contributed by atoms with van der Waals surface area (Å²) < 4.78 is 16.3. The van der Waals surface area contributed by atoms with E-state index in [2.05, 4.69) is 15.8 Å². The number of amides is 2. The normalized spacial score (nSPS) is 15.2. The molecule has 2 heterocycles. The van der Waals surface area contributed by atoms with E-state index in [1.165, 1.54) is 6.20 Å². The summed E-state index contributed by atoms with van der Waals surface area (Å²) in [6.07, 6.45) is 0.654. The standard InChI is InChI=1S/C17H17N3O5/c1-2-23-17-11(6-5-9-18-17)15(21)19-20-16(22)14-10-24-12-7-3-4-8-13(12)25-14/h3-9,14H,2,10H2,1H3,(H,19,21)(H,20,22)/t14-/m0/s1. The molecule has 0 bridgehead atoms. The summed E-state index contributed by atoms with van der Waals surface area (Å²) in [7, 11) is 0. The van der Waals surface area contributed by atoms with Crippen molar-refractivity contribution < 1.29 is 23.8 Å². The molecule has 130 valence electrons. The maximum Gasteiger partial charge on any atom is 0.283 e. The molecule has 3 rings (SSSR count). The van der Waals surface area contributed by atoms with E-state index in [0.717, 1.165) is 0 Å².